The highest BCUT2D eigenvalue weighted by atomic mass is 16.5. The lowest BCUT2D eigenvalue weighted by Crippen LogP contribution is -2.34. The average Bonchev–Trinajstić information content (AvgIpc) is 2.37. The van der Waals surface area contributed by atoms with Gasteiger partial charge in [-0.25, -0.2) is 4.79 Å². The molecule has 1 rings (SSSR count). The van der Waals surface area contributed by atoms with Crippen molar-refractivity contribution in [2.45, 2.75) is 32.8 Å². The average molecular weight is 252 g/mol. The molecule has 18 heavy (non-hydrogen) atoms. The Hall–Kier alpha value is -1.55. The molecule has 0 aliphatic carbocycles. The van der Waals surface area contributed by atoms with E-state index in [1.54, 1.807) is 31.2 Å². The first-order valence-corrected chi connectivity index (χ1v) is 6.15. The lowest BCUT2D eigenvalue weighted by Gasteiger charge is -2.21. The number of aliphatic hydroxyl groups is 1. The number of hydrogen-bond acceptors (Lipinski definition) is 4. The molecule has 1 atom stereocenters. The van der Waals surface area contributed by atoms with Crippen LogP contribution in [0.5, 0.6) is 5.75 Å². The molecule has 0 saturated carbocycles. The number of ether oxygens (including phenoxy) is 2. The van der Waals surface area contributed by atoms with Crippen molar-refractivity contribution in [3.8, 4) is 5.75 Å². The summed E-state index contributed by atoms with van der Waals surface area (Å²) in [6.07, 6.45) is 0.933. The number of esters is 1. The van der Waals surface area contributed by atoms with Crippen LogP contribution in [0.2, 0.25) is 0 Å². The van der Waals surface area contributed by atoms with E-state index < -0.39 is 11.6 Å². The number of carbonyl (C=O) groups is 1. The predicted octanol–water partition coefficient (Wildman–Crippen LogP) is 2.25. The van der Waals surface area contributed by atoms with Crippen molar-refractivity contribution in [2.75, 3.05) is 13.2 Å². The van der Waals surface area contributed by atoms with Gasteiger partial charge in [-0.3, -0.25) is 0 Å². The minimum atomic E-state index is -1.63. The Labute approximate surface area is 108 Å². The summed E-state index contributed by atoms with van der Waals surface area (Å²) in [5, 5.41) is 10.1. The van der Waals surface area contributed by atoms with Crippen molar-refractivity contribution >= 4 is 5.97 Å². The van der Waals surface area contributed by atoms with Crippen molar-refractivity contribution in [2.24, 2.45) is 0 Å². The fraction of sp³-hybridized carbons (Fsp3) is 0.500. The topological polar surface area (TPSA) is 55.8 Å². The maximum atomic E-state index is 11.6. The molecule has 0 bridgehead atoms. The molecule has 0 radical (unpaired) electrons. The molecule has 4 heteroatoms. The number of carbonyl (C=O) groups excluding carboxylic acids is 1. The molecule has 1 unspecified atom stereocenters. The second-order valence-electron chi connectivity index (χ2n) is 4.17. The van der Waals surface area contributed by atoms with Crippen molar-refractivity contribution < 1.29 is 19.4 Å². The molecule has 0 fully saturated rings. The summed E-state index contributed by atoms with van der Waals surface area (Å²) < 4.78 is 10.3. The van der Waals surface area contributed by atoms with Crippen LogP contribution in [0.1, 0.15) is 32.8 Å². The van der Waals surface area contributed by atoms with Crippen LogP contribution in [0.4, 0.5) is 0 Å². The van der Waals surface area contributed by atoms with Crippen LogP contribution >= 0.6 is 0 Å². The third-order valence-electron chi connectivity index (χ3n) is 2.56. The van der Waals surface area contributed by atoms with Gasteiger partial charge in [-0.15, -0.1) is 0 Å². The van der Waals surface area contributed by atoms with Crippen molar-refractivity contribution in [3.05, 3.63) is 29.8 Å². The molecule has 0 aromatic heterocycles. The van der Waals surface area contributed by atoms with Gasteiger partial charge in [-0.2, -0.15) is 0 Å². The second-order valence-corrected chi connectivity index (χ2v) is 4.17. The maximum Gasteiger partial charge on any atom is 0.342 e. The van der Waals surface area contributed by atoms with E-state index in [1.807, 2.05) is 6.92 Å². The largest absolute Gasteiger partial charge is 0.494 e. The quantitative estimate of drug-likeness (QED) is 0.789. The van der Waals surface area contributed by atoms with Gasteiger partial charge >= 0.3 is 5.97 Å². The Bertz CT molecular complexity index is 381. The fourth-order valence-corrected chi connectivity index (χ4v) is 1.49. The molecule has 1 aromatic carbocycles. The monoisotopic (exact) mass is 252 g/mol. The van der Waals surface area contributed by atoms with E-state index in [9.17, 15) is 9.90 Å². The minimum Gasteiger partial charge on any atom is -0.494 e. The Balaban J connectivity index is 2.80. The molecule has 0 aliphatic rings. The zero-order valence-electron chi connectivity index (χ0n) is 11.1. The summed E-state index contributed by atoms with van der Waals surface area (Å²) in [5.74, 6) is 0.0764. The van der Waals surface area contributed by atoms with Gasteiger partial charge in [0.2, 0.25) is 0 Å². The van der Waals surface area contributed by atoms with E-state index in [0.29, 0.717) is 12.2 Å². The van der Waals surface area contributed by atoms with Crippen LogP contribution < -0.4 is 4.74 Å². The van der Waals surface area contributed by atoms with Gasteiger partial charge in [-0.05, 0) is 38.0 Å². The summed E-state index contributed by atoms with van der Waals surface area (Å²) >= 11 is 0. The predicted molar refractivity (Wildman–Crippen MR) is 68.4 cm³/mol. The van der Waals surface area contributed by atoms with Crippen LogP contribution in [0.15, 0.2) is 24.3 Å². The molecule has 0 spiro atoms. The van der Waals surface area contributed by atoms with E-state index in [-0.39, 0.29) is 6.61 Å². The third kappa shape index (κ3) is 3.47. The fourth-order valence-electron chi connectivity index (χ4n) is 1.49. The van der Waals surface area contributed by atoms with Gasteiger partial charge in [0.1, 0.15) is 5.75 Å². The maximum absolute atomic E-state index is 11.6. The van der Waals surface area contributed by atoms with Gasteiger partial charge in [0.25, 0.3) is 0 Å². The first-order chi connectivity index (χ1) is 8.52. The van der Waals surface area contributed by atoms with Crippen molar-refractivity contribution in [3.63, 3.8) is 0 Å². The molecule has 1 N–H and O–H groups in total. The summed E-state index contributed by atoms with van der Waals surface area (Å²) in [5.41, 5.74) is -1.14. The lowest BCUT2D eigenvalue weighted by molar-refractivity contribution is -0.164. The molecule has 100 valence electrons. The molecule has 1 aromatic rings. The first kappa shape index (κ1) is 14.5. The Morgan fingerprint density at radius 3 is 2.39 bits per heavy atom. The summed E-state index contributed by atoms with van der Waals surface area (Å²) in [4.78, 5) is 11.6. The summed E-state index contributed by atoms with van der Waals surface area (Å²) in [6.45, 7) is 6.04. The van der Waals surface area contributed by atoms with E-state index in [1.165, 1.54) is 6.92 Å². The van der Waals surface area contributed by atoms with Gasteiger partial charge in [0.05, 0.1) is 13.2 Å². The van der Waals surface area contributed by atoms with Gasteiger partial charge in [-0.1, -0.05) is 19.1 Å². The SMILES string of the molecule is CCCOc1ccc(C(C)(O)C(=O)OCC)cc1. The Morgan fingerprint density at radius 2 is 1.89 bits per heavy atom. The van der Waals surface area contributed by atoms with Crippen LogP contribution in [-0.2, 0) is 15.1 Å². The summed E-state index contributed by atoms with van der Waals surface area (Å²) in [6, 6.07) is 6.81. The highest BCUT2D eigenvalue weighted by Crippen LogP contribution is 2.24. The van der Waals surface area contributed by atoms with Crippen LogP contribution in [0, 0.1) is 0 Å². The molecule has 0 amide bonds. The zero-order chi connectivity index (χ0) is 13.6. The molecule has 0 heterocycles. The molecular weight excluding hydrogens is 232 g/mol. The van der Waals surface area contributed by atoms with Crippen molar-refractivity contribution in [1.29, 1.82) is 0 Å². The summed E-state index contributed by atoms with van der Waals surface area (Å²) in [7, 11) is 0. The standard InChI is InChI=1S/C14H20O4/c1-4-10-18-12-8-6-11(7-9-12)14(3,16)13(15)17-5-2/h6-9,16H,4-5,10H2,1-3H3. The van der Waals surface area contributed by atoms with E-state index in [0.717, 1.165) is 12.2 Å². The first-order valence-electron chi connectivity index (χ1n) is 6.15. The van der Waals surface area contributed by atoms with E-state index in [2.05, 4.69) is 0 Å². The van der Waals surface area contributed by atoms with Crippen LogP contribution in [0.3, 0.4) is 0 Å². The normalized spacial score (nSPS) is 13.8. The van der Waals surface area contributed by atoms with Crippen LogP contribution in [-0.4, -0.2) is 24.3 Å². The zero-order valence-corrected chi connectivity index (χ0v) is 11.1. The van der Waals surface area contributed by atoms with E-state index >= 15 is 0 Å². The number of rotatable bonds is 6. The van der Waals surface area contributed by atoms with Crippen LogP contribution in [0.25, 0.3) is 0 Å². The molecule has 4 nitrogen and oxygen atoms in total. The van der Waals surface area contributed by atoms with Gasteiger partial charge in [0, 0.05) is 0 Å². The van der Waals surface area contributed by atoms with Gasteiger partial charge in [0.15, 0.2) is 5.60 Å². The molecule has 0 aliphatic heterocycles. The lowest BCUT2D eigenvalue weighted by atomic mass is 9.96. The molecular formula is C14H20O4. The second kappa shape index (κ2) is 6.40. The highest BCUT2D eigenvalue weighted by molar-refractivity contribution is 5.80. The smallest absolute Gasteiger partial charge is 0.342 e. The number of benzene rings is 1. The Morgan fingerprint density at radius 1 is 1.28 bits per heavy atom. The van der Waals surface area contributed by atoms with Gasteiger partial charge < -0.3 is 14.6 Å². The minimum absolute atomic E-state index is 0.243. The van der Waals surface area contributed by atoms with Crippen molar-refractivity contribution in [1.82, 2.24) is 0 Å². The number of hydrogen-bond donors (Lipinski definition) is 1. The third-order valence-corrected chi connectivity index (χ3v) is 2.56. The molecule has 0 saturated heterocycles. The Kier molecular flexibility index (Phi) is 5.16. The van der Waals surface area contributed by atoms with E-state index in [4.69, 9.17) is 9.47 Å². The highest BCUT2D eigenvalue weighted by Gasteiger charge is 2.33.